The summed E-state index contributed by atoms with van der Waals surface area (Å²) in [6, 6.07) is 24.7. The van der Waals surface area contributed by atoms with E-state index in [1.54, 1.807) is 0 Å². The van der Waals surface area contributed by atoms with Crippen LogP contribution in [0, 0.1) is 46.3 Å². The molecule has 8 nitrogen and oxygen atoms in total. The van der Waals surface area contributed by atoms with E-state index in [0.29, 0.717) is 47.5 Å². The molecule has 5 aliphatic rings. The van der Waals surface area contributed by atoms with E-state index in [-0.39, 0.29) is 41.5 Å². The van der Waals surface area contributed by atoms with Gasteiger partial charge in [0, 0.05) is 12.3 Å². The van der Waals surface area contributed by atoms with Crippen LogP contribution in [0.5, 0.6) is 0 Å². The summed E-state index contributed by atoms with van der Waals surface area (Å²) in [5.74, 6) is 1.92. The largest absolute Gasteiger partial charge is 0.469 e. The van der Waals surface area contributed by atoms with Gasteiger partial charge in [0.05, 0.1) is 13.2 Å². The van der Waals surface area contributed by atoms with Crippen LogP contribution < -0.4 is 5.32 Å². The fraction of sp³-hybridized carbons (Fsp3) is 0.562. The van der Waals surface area contributed by atoms with Crippen LogP contribution in [-0.4, -0.2) is 49.1 Å². The number of benzene rings is 3. The summed E-state index contributed by atoms with van der Waals surface area (Å²) in [5, 5.41) is 14.9. The lowest BCUT2D eigenvalue weighted by Crippen LogP contribution is -2.59. The highest BCUT2D eigenvalue weighted by atomic mass is 16.6. The fourth-order valence-corrected chi connectivity index (χ4v) is 12.8. The molecular formula is C48H59NO7. The van der Waals surface area contributed by atoms with Crippen molar-refractivity contribution in [3.8, 4) is 11.1 Å². The molecule has 0 saturated heterocycles. The number of alkyl carbamates (subject to hydrolysis) is 1. The van der Waals surface area contributed by atoms with Gasteiger partial charge in [-0.05, 0) is 132 Å². The number of carbonyl (C=O) groups is 3. The maximum absolute atomic E-state index is 14.0. The number of methoxy groups -OCH3 is 1. The lowest BCUT2D eigenvalue weighted by molar-refractivity contribution is -0.182. The fourth-order valence-electron chi connectivity index (χ4n) is 12.8. The van der Waals surface area contributed by atoms with Crippen LogP contribution in [0.2, 0.25) is 0 Å². The van der Waals surface area contributed by atoms with Gasteiger partial charge in [-0.2, -0.15) is 0 Å². The number of hydrogen-bond donors (Lipinski definition) is 2. The minimum absolute atomic E-state index is 0.0705. The zero-order chi connectivity index (χ0) is 39.2. The Balaban J connectivity index is 0.909. The Morgan fingerprint density at radius 1 is 0.839 bits per heavy atom. The van der Waals surface area contributed by atoms with Crippen LogP contribution in [0.3, 0.4) is 0 Å². The minimum Gasteiger partial charge on any atom is -0.469 e. The Hall–Kier alpha value is -4.17. The number of hydrogen-bond acceptors (Lipinski definition) is 7. The summed E-state index contributed by atoms with van der Waals surface area (Å²) < 4.78 is 17.1. The molecule has 298 valence electrons. The van der Waals surface area contributed by atoms with Gasteiger partial charge in [0.15, 0.2) is 6.04 Å². The normalized spacial score (nSPS) is 32.7. The van der Waals surface area contributed by atoms with Crippen molar-refractivity contribution >= 4 is 18.0 Å². The van der Waals surface area contributed by atoms with Crippen LogP contribution in [0.4, 0.5) is 4.79 Å². The van der Waals surface area contributed by atoms with Gasteiger partial charge < -0.3 is 24.6 Å². The molecule has 11 atom stereocenters. The Morgan fingerprint density at radius 3 is 2.21 bits per heavy atom. The minimum atomic E-state index is -0.993. The van der Waals surface area contributed by atoms with E-state index in [9.17, 15) is 19.5 Å². The molecule has 0 radical (unpaired) electrons. The molecule has 0 aliphatic heterocycles. The number of aliphatic hydroxyl groups excluding tert-OH is 1. The molecule has 0 aromatic heterocycles. The number of carbonyl (C=O) groups excluding carboxylic acids is 3. The van der Waals surface area contributed by atoms with E-state index < -0.39 is 18.1 Å². The number of ether oxygens (including phenoxy) is 3. The second kappa shape index (κ2) is 15.6. The second-order valence-corrected chi connectivity index (χ2v) is 18.2. The van der Waals surface area contributed by atoms with Crippen molar-refractivity contribution in [2.75, 3.05) is 13.7 Å². The van der Waals surface area contributed by atoms with Gasteiger partial charge in [-0.25, -0.2) is 9.59 Å². The van der Waals surface area contributed by atoms with Crippen LogP contribution in [0.1, 0.15) is 114 Å². The van der Waals surface area contributed by atoms with Crippen molar-refractivity contribution in [1.29, 1.82) is 0 Å². The quantitative estimate of drug-likeness (QED) is 0.157. The number of aliphatic hydroxyl groups is 1. The van der Waals surface area contributed by atoms with E-state index in [1.807, 2.05) is 54.6 Å². The van der Waals surface area contributed by atoms with Crippen LogP contribution in [-0.2, 0) is 23.8 Å². The predicted octanol–water partition coefficient (Wildman–Crippen LogP) is 9.40. The average molecular weight is 762 g/mol. The van der Waals surface area contributed by atoms with E-state index in [0.717, 1.165) is 80.0 Å². The maximum Gasteiger partial charge on any atom is 0.408 e. The van der Waals surface area contributed by atoms with E-state index >= 15 is 0 Å². The molecular weight excluding hydrogens is 703 g/mol. The van der Waals surface area contributed by atoms with E-state index in [1.165, 1.54) is 7.11 Å². The molecule has 2 N–H and O–H groups in total. The molecule has 0 heterocycles. The average Bonchev–Trinajstić information content (AvgIpc) is 3.74. The molecule has 4 saturated carbocycles. The summed E-state index contributed by atoms with van der Waals surface area (Å²) in [6.07, 6.45) is 7.76. The Labute approximate surface area is 332 Å². The number of fused-ring (bicyclic) bond motifs is 8. The number of amides is 1. The van der Waals surface area contributed by atoms with Crippen LogP contribution >= 0.6 is 0 Å². The standard InChI is InChI=1S/C48H59NO7/c1-29(18-23-43(51)54-4)39-21-22-40-37-20-19-31-26-32(24-25-47(31,2)41(37)27-42(50)48(39,40)3)56-45(52)44(30-12-6-5-7-13-30)49-46(53)55-28-38-35-16-10-8-14-33(35)34-15-9-11-17-36(34)38/h5-17,29,31-32,37-42,44,50H,18-28H2,1-4H3,(H,49,53)/t29-,31-,32-,37+,39-,40+,41+,42+,44+,47+,48-/m1/s1. The molecule has 0 spiro atoms. The first kappa shape index (κ1) is 38.7. The first-order valence-corrected chi connectivity index (χ1v) is 21.1. The molecule has 1 amide bonds. The summed E-state index contributed by atoms with van der Waals surface area (Å²) >= 11 is 0. The summed E-state index contributed by atoms with van der Waals surface area (Å²) in [6.45, 7) is 7.20. The molecule has 5 aliphatic carbocycles. The highest BCUT2D eigenvalue weighted by molar-refractivity contribution is 5.83. The SMILES string of the molecule is COC(=O)CC[C@@H](C)[C@H]1CC[C@H]2[C@@H]3CC[C@@H]4C[C@H](OC(=O)[C@@H](NC(=O)OCC5c6ccccc6-c6ccccc65)c5ccccc5)CC[C@]4(C)[C@H]3C[C@H](O)[C@]12C. The molecule has 0 unspecified atom stereocenters. The molecule has 8 heteroatoms. The van der Waals surface area contributed by atoms with Crippen molar-refractivity contribution in [3.05, 3.63) is 95.6 Å². The Kier molecular flexibility index (Phi) is 10.8. The third-order valence-corrected chi connectivity index (χ3v) is 15.8. The molecule has 56 heavy (non-hydrogen) atoms. The van der Waals surface area contributed by atoms with Crippen molar-refractivity contribution in [3.63, 3.8) is 0 Å². The van der Waals surface area contributed by atoms with Gasteiger partial charge >= 0.3 is 18.0 Å². The molecule has 3 aromatic carbocycles. The van der Waals surface area contributed by atoms with Gasteiger partial charge in [0.1, 0.15) is 12.7 Å². The molecule has 4 fully saturated rings. The highest BCUT2D eigenvalue weighted by Crippen LogP contribution is 2.68. The molecule has 8 rings (SSSR count). The third kappa shape index (κ3) is 6.84. The zero-order valence-electron chi connectivity index (χ0n) is 33.5. The maximum atomic E-state index is 14.0. The molecule has 0 bridgehead atoms. The molecule has 3 aromatic rings. The summed E-state index contributed by atoms with van der Waals surface area (Å²) in [7, 11) is 1.45. The number of rotatable bonds is 10. The van der Waals surface area contributed by atoms with Crippen molar-refractivity contribution in [2.24, 2.45) is 46.3 Å². The van der Waals surface area contributed by atoms with Gasteiger partial charge in [0.25, 0.3) is 0 Å². The first-order valence-electron chi connectivity index (χ1n) is 21.1. The van der Waals surface area contributed by atoms with Gasteiger partial charge in [-0.15, -0.1) is 0 Å². The number of nitrogens with one attached hydrogen (secondary N) is 1. The van der Waals surface area contributed by atoms with Crippen LogP contribution in [0.15, 0.2) is 78.9 Å². The number of esters is 2. The van der Waals surface area contributed by atoms with E-state index in [2.05, 4.69) is 50.4 Å². The van der Waals surface area contributed by atoms with Crippen molar-refractivity contribution in [2.45, 2.75) is 109 Å². The highest BCUT2D eigenvalue weighted by Gasteiger charge is 2.64. The lowest BCUT2D eigenvalue weighted by Gasteiger charge is -2.62. The van der Waals surface area contributed by atoms with Crippen molar-refractivity contribution in [1.82, 2.24) is 5.32 Å². The second-order valence-electron chi connectivity index (χ2n) is 18.2. The Bertz CT molecular complexity index is 1870. The summed E-state index contributed by atoms with van der Waals surface area (Å²) in [4.78, 5) is 39.4. The predicted molar refractivity (Wildman–Crippen MR) is 214 cm³/mol. The smallest absolute Gasteiger partial charge is 0.408 e. The summed E-state index contributed by atoms with van der Waals surface area (Å²) in [5.41, 5.74) is 5.16. The monoisotopic (exact) mass is 761 g/mol. The van der Waals surface area contributed by atoms with Crippen LogP contribution in [0.25, 0.3) is 11.1 Å². The zero-order valence-corrected chi connectivity index (χ0v) is 33.5. The van der Waals surface area contributed by atoms with Gasteiger partial charge in [-0.1, -0.05) is 99.6 Å². The van der Waals surface area contributed by atoms with E-state index in [4.69, 9.17) is 14.2 Å². The lowest BCUT2D eigenvalue weighted by atomic mass is 9.43. The topological polar surface area (TPSA) is 111 Å². The Morgan fingerprint density at radius 2 is 1.52 bits per heavy atom. The van der Waals surface area contributed by atoms with Gasteiger partial charge in [0.2, 0.25) is 0 Å². The third-order valence-electron chi connectivity index (χ3n) is 15.8. The van der Waals surface area contributed by atoms with Crippen molar-refractivity contribution < 1.29 is 33.7 Å². The first-order chi connectivity index (χ1) is 27.0. The van der Waals surface area contributed by atoms with Gasteiger partial charge in [-0.3, -0.25) is 4.79 Å².